The van der Waals surface area contributed by atoms with Gasteiger partial charge in [0.05, 0.1) is 11.3 Å². The number of nitriles is 1. The van der Waals surface area contributed by atoms with Crippen molar-refractivity contribution < 1.29 is 4.79 Å². The molecule has 0 unspecified atom stereocenters. The number of carbonyl (C=O) groups is 1. The molecule has 19 heavy (non-hydrogen) atoms. The Balaban J connectivity index is 2.18. The molecule has 0 bridgehead atoms. The molecule has 0 saturated heterocycles. The van der Waals surface area contributed by atoms with Gasteiger partial charge in [-0.15, -0.1) is 0 Å². The lowest BCUT2D eigenvalue weighted by Crippen LogP contribution is -2.13. The minimum atomic E-state index is -0.354. The fourth-order valence-corrected chi connectivity index (χ4v) is 2.15. The molecule has 2 aromatic rings. The van der Waals surface area contributed by atoms with Gasteiger partial charge in [0.15, 0.2) is 0 Å². The van der Waals surface area contributed by atoms with Crippen LogP contribution in [0.2, 0.25) is 5.02 Å². The number of nitrogens with one attached hydrogen (secondary N) is 1. The van der Waals surface area contributed by atoms with Crippen molar-refractivity contribution >= 4 is 39.1 Å². The van der Waals surface area contributed by atoms with Gasteiger partial charge in [-0.1, -0.05) is 11.6 Å². The van der Waals surface area contributed by atoms with Gasteiger partial charge >= 0.3 is 0 Å². The van der Waals surface area contributed by atoms with E-state index in [2.05, 4.69) is 26.2 Å². The summed E-state index contributed by atoms with van der Waals surface area (Å²) in [4.78, 5) is 15.9. The summed E-state index contributed by atoms with van der Waals surface area (Å²) in [5.41, 5.74) is 1.24. The van der Waals surface area contributed by atoms with E-state index in [1.54, 1.807) is 24.3 Å². The van der Waals surface area contributed by atoms with Crippen LogP contribution in [-0.2, 0) is 0 Å². The summed E-state index contributed by atoms with van der Waals surface area (Å²) in [6.07, 6.45) is 1.35. The van der Waals surface area contributed by atoms with Crippen molar-refractivity contribution in [2.75, 3.05) is 5.32 Å². The summed E-state index contributed by atoms with van der Waals surface area (Å²) >= 11 is 9.13. The first-order chi connectivity index (χ1) is 9.10. The van der Waals surface area contributed by atoms with Gasteiger partial charge in [-0.3, -0.25) is 4.79 Å². The Bertz CT molecular complexity index is 665. The Labute approximate surface area is 123 Å². The molecule has 1 amide bonds. The molecule has 0 radical (unpaired) electrons. The summed E-state index contributed by atoms with van der Waals surface area (Å²) in [6.45, 7) is 0. The molecule has 1 aromatic carbocycles. The van der Waals surface area contributed by atoms with Crippen molar-refractivity contribution in [3.63, 3.8) is 0 Å². The van der Waals surface area contributed by atoms with E-state index in [0.717, 1.165) is 0 Å². The van der Waals surface area contributed by atoms with Gasteiger partial charge in [0.1, 0.15) is 11.8 Å². The number of benzene rings is 1. The highest BCUT2D eigenvalue weighted by atomic mass is 79.9. The summed E-state index contributed by atoms with van der Waals surface area (Å²) in [6, 6.07) is 10.0. The first-order valence-electron chi connectivity index (χ1n) is 5.22. The number of halogens is 2. The monoisotopic (exact) mass is 335 g/mol. The molecule has 6 heteroatoms. The van der Waals surface area contributed by atoms with E-state index in [0.29, 0.717) is 20.7 Å². The average molecular weight is 337 g/mol. The summed E-state index contributed by atoms with van der Waals surface area (Å²) in [7, 11) is 0. The van der Waals surface area contributed by atoms with Crippen LogP contribution in [-0.4, -0.2) is 10.9 Å². The van der Waals surface area contributed by atoms with Crippen LogP contribution in [0.5, 0.6) is 0 Å². The van der Waals surface area contributed by atoms with Gasteiger partial charge in [0, 0.05) is 15.7 Å². The first kappa shape index (κ1) is 13.5. The van der Waals surface area contributed by atoms with E-state index in [4.69, 9.17) is 16.9 Å². The van der Waals surface area contributed by atoms with Crippen molar-refractivity contribution in [3.8, 4) is 6.07 Å². The zero-order chi connectivity index (χ0) is 13.8. The Morgan fingerprint density at radius 3 is 2.74 bits per heavy atom. The maximum atomic E-state index is 11.9. The molecule has 0 saturated carbocycles. The van der Waals surface area contributed by atoms with Gasteiger partial charge < -0.3 is 5.32 Å². The topological polar surface area (TPSA) is 65.8 Å². The van der Waals surface area contributed by atoms with Crippen LogP contribution in [0.25, 0.3) is 0 Å². The average Bonchev–Trinajstić information content (AvgIpc) is 2.42. The molecule has 2 rings (SSSR count). The van der Waals surface area contributed by atoms with Crippen LogP contribution in [0, 0.1) is 11.3 Å². The van der Waals surface area contributed by atoms with Crippen LogP contribution in [0.3, 0.4) is 0 Å². The molecule has 0 aliphatic rings. The van der Waals surface area contributed by atoms with Crippen LogP contribution < -0.4 is 5.32 Å². The first-order valence-corrected chi connectivity index (χ1v) is 6.40. The smallest absolute Gasteiger partial charge is 0.274 e. The molecular formula is C13H7BrClN3O. The van der Waals surface area contributed by atoms with E-state index >= 15 is 0 Å². The van der Waals surface area contributed by atoms with Crippen molar-refractivity contribution in [2.45, 2.75) is 0 Å². The minimum absolute atomic E-state index is 0.237. The molecule has 1 N–H and O–H groups in total. The number of rotatable bonds is 2. The zero-order valence-electron chi connectivity index (χ0n) is 9.52. The second-order valence-electron chi connectivity index (χ2n) is 3.62. The second-order valence-corrected chi connectivity index (χ2v) is 4.91. The van der Waals surface area contributed by atoms with Crippen LogP contribution in [0.4, 0.5) is 5.69 Å². The van der Waals surface area contributed by atoms with Gasteiger partial charge in [-0.25, -0.2) is 4.98 Å². The molecular weight excluding hydrogens is 330 g/mol. The molecule has 0 aliphatic heterocycles. The van der Waals surface area contributed by atoms with Gasteiger partial charge in [-0.05, 0) is 46.3 Å². The van der Waals surface area contributed by atoms with Crippen LogP contribution in [0.1, 0.15) is 16.1 Å². The lowest BCUT2D eigenvalue weighted by molar-refractivity contribution is 0.102. The molecule has 4 nitrogen and oxygen atoms in total. The van der Waals surface area contributed by atoms with E-state index in [9.17, 15) is 4.79 Å². The normalized spacial score (nSPS) is 9.74. The van der Waals surface area contributed by atoms with Crippen molar-refractivity contribution in [1.29, 1.82) is 5.26 Å². The van der Waals surface area contributed by atoms with E-state index < -0.39 is 0 Å². The largest absolute Gasteiger partial charge is 0.320 e. The Kier molecular flexibility index (Phi) is 4.15. The predicted molar refractivity (Wildman–Crippen MR) is 76.1 cm³/mol. The van der Waals surface area contributed by atoms with Crippen molar-refractivity contribution in [2.24, 2.45) is 0 Å². The number of aromatic nitrogens is 1. The third-order valence-electron chi connectivity index (χ3n) is 2.30. The minimum Gasteiger partial charge on any atom is -0.320 e. The summed E-state index contributed by atoms with van der Waals surface area (Å²) in [5, 5.41) is 11.9. The van der Waals surface area contributed by atoms with Gasteiger partial charge in [0.2, 0.25) is 0 Å². The molecule has 0 aliphatic carbocycles. The lowest BCUT2D eigenvalue weighted by atomic mass is 10.2. The van der Waals surface area contributed by atoms with Crippen molar-refractivity contribution in [3.05, 3.63) is 57.3 Å². The molecule has 0 fully saturated rings. The quantitative estimate of drug-likeness (QED) is 0.911. The number of pyridine rings is 1. The summed E-state index contributed by atoms with van der Waals surface area (Å²) in [5.74, 6) is -0.354. The molecule has 1 aromatic heterocycles. The highest BCUT2D eigenvalue weighted by Crippen LogP contribution is 2.26. The van der Waals surface area contributed by atoms with Crippen LogP contribution in [0.15, 0.2) is 41.0 Å². The fourth-order valence-electron chi connectivity index (χ4n) is 1.37. The molecule has 1 heterocycles. The van der Waals surface area contributed by atoms with Crippen molar-refractivity contribution in [1.82, 2.24) is 4.98 Å². The lowest BCUT2D eigenvalue weighted by Gasteiger charge is -2.07. The van der Waals surface area contributed by atoms with E-state index in [-0.39, 0.29) is 11.6 Å². The summed E-state index contributed by atoms with van der Waals surface area (Å²) < 4.78 is 0.682. The highest BCUT2D eigenvalue weighted by Gasteiger charge is 2.09. The third kappa shape index (κ3) is 3.31. The van der Waals surface area contributed by atoms with E-state index in [1.807, 2.05) is 6.07 Å². The number of anilines is 1. The highest BCUT2D eigenvalue weighted by molar-refractivity contribution is 9.10. The molecule has 0 spiro atoms. The third-order valence-corrected chi connectivity index (χ3v) is 3.20. The zero-order valence-corrected chi connectivity index (χ0v) is 11.9. The standard InChI is InChI=1S/C13H7BrClN3O/c14-10-5-9(15)2-4-11(10)18-13(19)12-3-1-8(6-16)7-17-12/h1-5,7H,(H,18,19). The Morgan fingerprint density at radius 1 is 1.37 bits per heavy atom. The second kappa shape index (κ2) is 5.83. The fraction of sp³-hybridized carbons (Fsp3) is 0. The number of amides is 1. The number of hydrogen-bond acceptors (Lipinski definition) is 3. The Hall–Kier alpha value is -1.90. The maximum absolute atomic E-state index is 11.9. The van der Waals surface area contributed by atoms with Gasteiger partial charge in [0.25, 0.3) is 5.91 Å². The van der Waals surface area contributed by atoms with E-state index in [1.165, 1.54) is 12.3 Å². The Morgan fingerprint density at radius 2 is 2.16 bits per heavy atom. The maximum Gasteiger partial charge on any atom is 0.274 e. The number of hydrogen-bond donors (Lipinski definition) is 1. The number of carbonyl (C=O) groups excluding carboxylic acids is 1. The molecule has 94 valence electrons. The van der Waals surface area contributed by atoms with Crippen LogP contribution >= 0.6 is 27.5 Å². The molecule has 0 atom stereocenters. The predicted octanol–water partition coefficient (Wildman–Crippen LogP) is 3.62. The SMILES string of the molecule is N#Cc1ccc(C(=O)Nc2ccc(Cl)cc2Br)nc1. The number of nitrogens with zero attached hydrogens (tertiary/aromatic N) is 2. The van der Waals surface area contributed by atoms with Gasteiger partial charge in [-0.2, -0.15) is 5.26 Å².